The van der Waals surface area contributed by atoms with E-state index >= 15 is 0 Å². The number of carbonyl (C=O) groups excluding carboxylic acids is 2. The second-order valence-corrected chi connectivity index (χ2v) is 7.50. The highest BCUT2D eigenvalue weighted by Gasteiger charge is 2.46. The van der Waals surface area contributed by atoms with Gasteiger partial charge in [-0.2, -0.15) is 0 Å². The van der Waals surface area contributed by atoms with Gasteiger partial charge in [-0.3, -0.25) is 9.59 Å². The molecule has 1 unspecified atom stereocenters. The van der Waals surface area contributed by atoms with Gasteiger partial charge < -0.3 is 19.5 Å². The lowest BCUT2D eigenvalue weighted by molar-refractivity contribution is -0.139. The van der Waals surface area contributed by atoms with Crippen molar-refractivity contribution in [1.82, 2.24) is 4.90 Å². The maximum Gasteiger partial charge on any atom is 0.295 e. The topological polar surface area (TPSA) is 76.1 Å². The number of Topliss-reactive ketones (excluding diaryl/α,β-unsaturated/α-hetero) is 1. The SMILES string of the molecule is CCCN1C(=O)C(=O)/C(=C(/O)c2cc(OC)c(Cl)cc2OC)C1c1cccc(C)c1. The number of aliphatic hydroxyl groups excluding tert-OH is 1. The van der Waals surface area contributed by atoms with Gasteiger partial charge in [-0.15, -0.1) is 0 Å². The molecule has 1 N–H and O–H groups in total. The van der Waals surface area contributed by atoms with Crippen molar-refractivity contribution in [3.63, 3.8) is 0 Å². The Bertz CT molecular complexity index is 1030. The first kappa shape index (κ1) is 21.7. The Hall–Kier alpha value is -2.99. The average Bonchev–Trinajstić information content (AvgIpc) is 2.98. The molecule has 1 atom stereocenters. The van der Waals surface area contributed by atoms with Crippen molar-refractivity contribution in [2.45, 2.75) is 26.3 Å². The van der Waals surface area contributed by atoms with Crippen LogP contribution in [-0.4, -0.2) is 42.5 Å². The fraction of sp³-hybridized carbons (Fsp3) is 0.304. The Kier molecular flexibility index (Phi) is 6.37. The molecule has 0 spiro atoms. The maximum absolute atomic E-state index is 13.0. The summed E-state index contributed by atoms with van der Waals surface area (Å²) in [5.74, 6) is -1.12. The Labute approximate surface area is 180 Å². The third kappa shape index (κ3) is 3.75. The number of aliphatic hydroxyl groups is 1. The van der Waals surface area contributed by atoms with Crippen LogP contribution in [0.25, 0.3) is 5.76 Å². The van der Waals surface area contributed by atoms with Gasteiger partial charge in [-0.1, -0.05) is 48.4 Å². The summed E-state index contributed by atoms with van der Waals surface area (Å²) in [4.78, 5) is 27.3. The normalized spacial score (nSPS) is 18.0. The third-order valence-electron chi connectivity index (χ3n) is 5.09. The number of aryl methyl sites for hydroxylation is 1. The molecule has 0 bridgehead atoms. The molecule has 7 heteroatoms. The first-order chi connectivity index (χ1) is 14.3. The van der Waals surface area contributed by atoms with E-state index in [0.717, 1.165) is 11.1 Å². The lowest BCUT2D eigenvalue weighted by Crippen LogP contribution is -2.30. The fourth-order valence-corrected chi connectivity index (χ4v) is 3.96. The van der Waals surface area contributed by atoms with E-state index in [2.05, 4.69) is 0 Å². The zero-order chi connectivity index (χ0) is 22.0. The summed E-state index contributed by atoms with van der Waals surface area (Å²) in [7, 11) is 2.88. The number of halogens is 1. The van der Waals surface area contributed by atoms with E-state index in [9.17, 15) is 14.7 Å². The monoisotopic (exact) mass is 429 g/mol. The van der Waals surface area contributed by atoms with Crippen LogP contribution in [0, 0.1) is 6.92 Å². The van der Waals surface area contributed by atoms with Crippen LogP contribution in [0.5, 0.6) is 11.5 Å². The Morgan fingerprint density at radius 3 is 2.43 bits per heavy atom. The number of hydrogen-bond acceptors (Lipinski definition) is 5. The summed E-state index contributed by atoms with van der Waals surface area (Å²) < 4.78 is 10.6. The van der Waals surface area contributed by atoms with Crippen molar-refractivity contribution in [3.05, 3.63) is 63.7 Å². The second-order valence-electron chi connectivity index (χ2n) is 7.09. The fourth-order valence-electron chi connectivity index (χ4n) is 3.73. The van der Waals surface area contributed by atoms with Crippen molar-refractivity contribution in [3.8, 4) is 11.5 Å². The molecule has 0 aromatic heterocycles. The molecular weight excluding hydrogens is 406 g/mol. The van der Waals surface area contributed by atoms with E-state index in [1.807, 2.05) is 38.1 Å². The zero-order valence-electron chi connectivity index (χ0n) is 17.4. The molecule has 1 heterocycles. The Balaban J connectivity index is 2.28. The van der Waals surface area contributed by atoms with Gasteiger partial charge >= 0.3 is 0 Å². The highest BCUT2D eigenvalue weighted by atomic mass is 35.5. The zero-order valence-corrected chi connectivity index (χ0v) is 18.1. The summed E-state index contributed by atoms with van der Waals surface area (Å²) in [6.45, 7) is 4.25. The van der Waals surface area contributed by atoms with E-state index in [4.69, 9.17) is 21.1 Å². The van der Waals surface area contributed by atoms with Crippen LogP contribution < -0.4 is 9.47 Å². The molecule has 1 aliphatic rings. The summed E-state index contributed by atoms with van der Waals surface area (Å²) >= 11 is 6.17. The number of benzene rings is 2. The Morgan fingerprint density at radius 1 is 1.13 bits per heavy atom. The number of carbonyl (C=O) groups is 2. The van der Waals surface area contributed by atoms with Crippen molar-refractivity contribution >= 4 is 29.1 Å². The van der Waals surface area contributed by atoms with Gasteiger partial charge in [0.15, 0.2) is 0 Å². The molecule has 0 saturated carbocycles. The predicted molar refractivity (Wildman–Crippen MR) is 115 cm³/mol. The van der Waals surface area contributed by atoms with Crippen LogP contribution in [0.15, 0.2) is 42.0 Å². The molecular formula is C23H24ClNO5. The highest BCUT2D eigenvalue weighted by Crippen LogP contribution is 2.43. The van der Waals surface area contributed by atoms with E-state index in [1.54, 1.807) is 0 Å². The largest absolute Gasteiger partial charge is 0.507 e. The average molecular weight is 430 g/mol. The minimum absolute atomic E-state index is 0.0155. The number of likely N-dealkylation sites (tertiary alicyclic amines) is 1. The first-order valence-electron chi connectivity index (χ1n) is 9.60. The maximum atomic E-state index is 13.0. The molecule has 1 saturated heterocycles. The van der Waals surface area contributed by atoms with Crippen molar-refractivity contribution in [1.29, 1.82) is 0 Å². The van der Waals surface area contributed by atoms with Gasteiger partial charge in [0.1, 0.15) is 17.3 Å². The van der Waals surface area contributed by atoms with Crippen LogP contribution in [-0.2, 0) is 9.59 Å². The van der Waals surface area contributed by atoms with Gasteiger partial charge in [-0.05, 0) is 25.0 Å². The molecule has 2 aromatic rings. The molecule has 6 nitrogen and oxygen atoms in total. The molecule has 0 radical (unpaired) electrons. The second kappa shape index (κ2) is 8.79. The van der Waals surface area contributed by atoms with E-state index in [0.29, 0.717) is 23.7 Å². The molecule has 158 valence electrons. The number of methoxy groups -OCH3 is 2. The van der Waals surface area contributed by atoms with Gasteiger partial charge in [0, 0.05) is 12.6 Å². The molecule has 3 rings (SSSR count). The molecule has 1 amide bonds. The number of ether oxygens (including phenoxy) is 2. The van der Waals surface area contributed by atoms with Crippen molar-refractivity contribution in [2.75, 3.05) is 20.8 Å². The van der Waals surface area contributed by atoms with Crippen LogP contribution in [0.2, 0.25) is 5.02 Å². The highest BCUT2D eigenvalue weighted by molar-refractivity contribution is 6.46. The van der Waals surface area contributed by atoms with Crippen molar-refractivity contribution < 1.29 is 24.2 Å². The summed E-state index contributed by atoms with van der Waals surface area (Å²) in [5.41, 5.74) is 1.98. The molecule has 30 heavy (non-hydrogen) atoms. The smallest absolute Gasteiger partial charge is 0.295 e. The summed E-state index contributed by atoms with van der Waals surface area (Å²) in [5, 5.41) is 11.5. The molecule has 0 aliphatic carbocycles. The summed E-state index contributed by atoms with van der Waals surface area (Å²) in [6, 6.07) is 9.85. The van der Waals surface area contributed by atoms with Crippen LogP contribution in [0.1, 0.15) is 36.1 Å². The van der Waals surface area contributed by atoms with E-state index in [-0.39, 0.29) is 22.6 Å². The number of amides is 1. The van der Waals surface area contributed by atoms with Crippen LogP contribution in [0.4, 0.5) is 0 Å². The Morgan fingerprint density at radius 2 is 1.83 bits per heavy atom. The van der Waals surface area contributed by atoms with Crippen LogP contribution >= 0.6 is 11.6 Å². The van der Waals surface area contributed by atoms with Crippen molar-refractivity contribution in [2.24, 2.45) is 0 Å². The lowest BCUT2D eigenvalue weighted by atomic mass is 9.94. The summed E-state index contributed by atoms with van der Waals surface area (Å²) in [6.07, 6.45) is 0.674. The molecule has 1 aliphatic heterocycles. The lowest BCUT2D eigenvalue weighted by Gasteiger charge is -2.25. The molecule has 1 fully saturated rings. The quantitative estimate of drug-likeness (QED) is 0.415. The minimum atomic E-state index is -0.733. The molecule has 2 aromatic carbocycles. The van der Waals surface area contributed by atoms with Gasteiger partial charge in [0.05, 0.1) is 36.4 Å². The number of nitrogens with zero attached hydrogens (tertiary/aromatic N) is 1. The van der Waals surface area contributed by atoms with Gasteiger partial charge in [-0.25, -0.2) is 0 Å². The third-order valence-corrected chi connectivity index (χ3v) is 5.39. The number of ketones is 1. The van der Waals surface area contributed by atoms with Gasteiger partial charge in [0.2, 0.25) is 0 Å². The number of hydrogen-bond donors (Lipinski definition) is 1. The predicted octanol–water partition coefficient (Wildman–Crippen LogP) is 4.50. The number of rotatable bonds is 6. The van der Waals surface area contributed by atoms with E-state index < -0.39 is 17.7 Å². The van der Waals surface area contributed by atoms with E-state index in [1.165, 1.54) is 31.3 Å². The van der Waals surface area contributed by atoms with Gasteiger partial charge in [0.25, 0.3) is 11.7 Å². The first-order valence-corrected chi connectivity index (χ1v) is 9.98. The van der Waals surface area contributed by atoms with Crippen LogP contribution in [0.3, 0.4) is 0 Å². The minimum Gasteiger partial charge on any atom is -0.507 e. The standard InChI is InChI=1S/C23H24ClNO5/c1-5-9-25-20(14-8-6-7-13(2)10-14)19(22(27)23(25)28)21(26)15-11-18(30-4)16(24)12-17(15)29-3/h6-8,10-12,20,26H,5,9H2,1-4H3/b21-19+.